The van der Waals surface area contributed by atoms with Crippen LogP contribution in [-0.4, -0.2) is 17.5 Å². The highest BCUT2D eigenvalue weighted by atomic mass is 19.1. The molecule has 0 radical (unpaired) electrons. The van der Waals surface area contributed by atoms with Gasteiger partial charge < -0.3 is 5.32 Å². The van der Waals surface area contributed by atoms with Crippen LogP contribution in [0.4, 0.5) is 10.1 Å². The van der Waals surface area contributed by atoms with Crippen LogP contribution in [0.5, 0.6) is 0 Å². The Labute approximate surface area is 106 Å². The molecule has 1 rings (SSSR count). The van der Waals surface area contributed by atoms with Crippen molar-refractivity contribution < 1.29 is 9.31 Å². The summed E-state index contributed by atoms with van der Waals surface area (Å²) in [5.41, 5.74) is 0.307. The summed E-state index contributed by atoms with van der Waals surface area (Å²) in [6.07, 6.45) is 0.537. The quantitative estimate of drug-likeness (QED) is 0.627. The SMILES string of the molecule is CCNC(Cc1ccc([N+](=O)[O-])cc1F)C(C)C. The van der Waals surface area contributed by atoms with Gasteiger partial charge in [-0.15, -0.1) is 0 Å². The third kappa shape index (κ3) is 3.77. The number of non-ortho nitro benzene ring substituents is 1. The van der Waals surface area contributed by atoms with E-state index >= 15 is 0 Å². The second kappa shape index (κ2) is 6.44. The molecule has 1 N–H and O–H groups in total. The fraction of sp³-hybridized carbons (Fsp3) is 0.538. The number of nitrogens with one attached hydrogen (secondary N) is 1. The number of nitro benzene ring substituents is 1. The molecule has 0 amide bonds. The van der Waals surface area contributed by atoms with E-state index in [0.29, 0.717) is 17.9 Å². The third-order valence-corrected chi connectivity index (χ3v) is 2.96. The number of benzene rings is 1. The van der Waals surface area contributed by atoms with E-state index in [4.69, 9.17) is 0 Å². The van der Waals surface area contributed by atoms with Gasteiger partial charge in [0.25, 0.3) is 5.69 Å². The second-order valence-electron chi connectivity index (χ2n) is 4.65. The number of nitrogens with zero attached hydrogens (tertiary/aromatic N) is 1. The van der Waals surface area contributed by atoms with E-state index in [0.717, 1.165) is 12.6 Å². The first-order valence-electron chi connectivity index (χ1n) is 6.11. The van der Waals surface area contributed by atoms with Crippen molar-refractivity contribution in [3.05, 3.63) is 39.7 Å². The number of hydrogen-bond acceptors (Lipinski definition) is 3. The highest BCUT2D eigenvalue weighted by molar-refractivity contribution is 5.34. The van der Waals surface area contributed by atoms with Gasteiger partial charge >= 0.3 is 0 Å². The maximum Gasteiger partial charge on any atom is 0.272 e. The lowest BCUT2D eigenvalue weighted by atomic mass is 9.96. The molecule has 0 aliphatic heterocycles. The predicted octanol–water partition coefficient (Wildman–Crippen LogP) is 2.91. The van der Waals surface area contributed by atoms with Crippen molar-refractivity contribution in [1.29, 1.82) is 0 Å². The third-order valence-electron chi connectivity index (χ3n) is 2.96. The lowest BCUT2D eigenvalue weighted by Gasteiger charge is -2.22. The summed E-state index contributed by atoms with van der Waals surface area (Å²) in [6.45, 7) is 6.95. The van der Waals surface area contributed by atoms with Gasteiger partial charge in [-0.05, 0) is 30.5 Å². The minimum Gasteiger partial charge on any atom is -0.314 e. The summed E-state index contributed by atoms with van der Waals surface area (Å²) in [4.78, 5) is 9.94. The van der Waals surface area contributed by atoms with Gasteiger partial charge in [-0.2, -0.15) is 0 Å². The van der Waals surface area contributed by atoms with Crippen LogP contribution in [0.25, 0.3) is 0 Å². The van der Waals surface area contributed by atoms with E-state index in [2.05, 4.69) is 19.2 Å². The average molecular weight is 254 g/mol. The minimum absolute atomic E-state index is 0.172. The molecule has 1 atom stereocenters. The highest BCUT2D eigenvalue weighted by Crippen LogP contribution is 2.19. The molecular formula is C13H19FN2O2. The Hall–Kier alpha value is -1.49. The summed E-state index contributed by atoms with van der Waals surface area (Å²) in [5, 5.41) is 13.8. The van der Waals surface area contributed by atoms with E-state index in [1.807, 2.05) is 6.92 Å². The Morgan fingerprint density at radius 1 is 1.44 bits per heavy atom. The molecule has 0 spiro atoms. The summed E-state index contributed by atoms with van der Waals surface area (Å²) in [6, 6.07) is 4.01. The number of nitro groups is 1. The predicted molar refractivity (Wildman–Crippen MR) is 69.1 cm³/mol. The summed E-state index contributed by atoms with van der Waals surface area (Å²) >= 11 is 0. The Morgan fingerprint density at radius 3 is 2.56 bits per heavy atom. The Kier molecular flexibility index (Phi) is 5.22. The number of halogens is 1. The van der Waals surface area contributed by atoms with Crippen LogP contribution in [0.3, 0.4) is 0 Å². The first-order chi connectivity index (χ1) is 8.45. The molecule has 0 saturated carbocycles. The van der Waals surface area contributed by atoms with Crippen molar-refractivity contribution in [1.82, 2.24) is 5.32 Å². The molecule has 18 heavy (non-hydrogen) atoms. The van der Waals surface area contributed by atoms with E-state index in [-0.39, 0.29) is 11.7 Å². The molecule has 1 aromatic carbocycles. The van der Waals surface area contributed by atoms with Gasteiger partial charge in [-0.3, -0.25) is 10.1 Å². The number of likely N-dealkylation sites (N-methyl/N-ethyl adjacent to an activating group) is 1. The topological polar surface area (TPSA) is 55.2 Å². The molecule has 4 nitrogen and oxygen atoms in total. The van der Waals surface area contributed by atoms with Crippen LogP contribution in [0.2, 0.25) is 0 Å². The maximum absolute atomic E-state index is 13.7. The van der Waals surface area contributed by atoms with Gasteiger partial charge in [0.15, 0.2) is 0 Å². The van der Waals surface area contributed by atoms with Gasteiger partial charge in [0.05, 0.1) is 11.0 Å². The van der Waals surface area contributed by atoms with Crippen LogP contribution in [0, 0.1) is 21.8 Å². The first kappa shape index (κ1) is 14.6. The van der Waals surface area contributed by atoms with Gasteiger partial charge in [0.2, 0.25) is 0 Å². The van der Waals surface area contributed by atoms with Gasteiger partial charge in [0.1, 0.15) is 5.82 Å². The maximum atomic E-state index is 13.7. The summed E-state index contributed by atoms with van der Waals surface area (Å²) in [5.74, 6) is -0.132. The molecule has 0 fully saturated rings. The number of rotatable bonds is 6. The highest BCUT2D eigenvalue weighted by Gasteiger charge is 2.17. The zero-order valence-electron chi connectivity index (χ0n) is 10.9. The van der Waals surface area contributed by atoms with Gasteiger partial charge in [-0.1, -0.05) is 20.8 Å². The van der Waals surface area contributed by atoms with E-state index < -0.39 is 10.7 Å². The van der Waals surface area contributed by atoms with Crippen LogP contribution < -0.4 is 5.32 Å². The van der Waals surface area contributed by atoms with Crippen molar-refractivity contribution >= 4 is 5.69 Å². The first-order valence-corrected chi connectivity index (χ1v) is 6.11. The molecule has 100 valence electrons. The Balaban J connectivity index is 2.86. The molecule has 0 bridgehead atoms. The molecule has 1 aromatic rings. The fourth-order valence-electron chi connectivity index (χ4n) is 1.86. The molecule has 1 unspecified atom stereocenters. The lowest BCUT2D eigenvalue weighted by Crippen LogP contribution is -2.35. The van der Waals surface area contributed by atoms with Crippen molar-refractivity contribution in [2.45, 2.75) is 33.2 Å². The van der Waals surface area contributed by atoms with Crippen molar-refractivity contribution in [2.24, 2.45) is 5.92 Å². The Morgan fingerprint density at radius 2 is 2.11 bits per heavy atom. The normalized spacial score (nSPS) is 12.7. The van der Waals surface area contributed by atoms with Gasteiger partial charge in [-0.25, -0.2) is 4.39 Å². The molecule has 0 saturated heterocycles. The molecule has 0 aliphatic rings. The van der Waals surface area contributed by atoms with Crippen LogP contribution >= 0.6 is 0 Å². The van der Waals surface area contributed by atoms with Crippen molar-refractivity contribution in [3.8, 4) is 0 Å². The lowest BCUT2D eigenvalue weighted by molar-refractivity contribution is -0.385. The molecule has 0 aromatic heterocycles. The van der Waals surface area contributed by atoms with E-state index in [1.54, 1.807) is 0 Å². The van der Waals surface area contributed by atoms with Crippen LogP contribution in [0.1, 0.15) is 26.3 Å². The monoisotopic (exact) mass is 254 g/mol. The van der Waals surface area contributed by atoms with Crippen LogP contribution in [0.15, 0.2) is 18.2 Å². The zero-order chi connectivity index (χ0) is 13.7. The number of hydrogen-bond donors (Lipinski definition) is 1. The molecule has 5 heteroatoms. The van der Waals surface area contributed by atoms with E-state index in [1.165, 1.54) is 12.1 Å². The largest absolute Gasteiger partial charge is 0.314 e. The van der Waals surface area contributed by atoms with Crippen LogP contribution in [-0.2, 0) is 6.42 Å². The van der Waals surface area contributed by atoms with Crippen molar-refractivity contribution in [3.63, 3.8) is 0 Å². The van der Waals surface area contributed by atoms with Gasteiger partial charge in [0, 0.05) is 12.1 Å². The fourth-order valence-corrected chi connectivity index (χ4v) is 1.86. The van der Waals surface area contributed by atoms with Crippen molar-refractivity contribution in [2.75, 3.05) is 6.54 Å². The zero-order valence-corrected chi connectivity index (χ0v) is 10.9. The minimum atomic E-state index is -0.586. The summed E-state index contributed by atoms with van der Waals surface area (Å²) < 4.78 is 13.7. The smallest absolute Gasteiger partial charge is 0.272 e. The van der Waals surface area contributed by atoms with E-state index in [9.17, 15) is 14.5 Å². The molecular weight excluding hydrogens is 235 g/mol. The second-order valence-corrected chi connectivity index (χ2v) is 4.65. The summed E-state index contributed by atoms with van der Waals surface area (Å²) in [7, 11) is 0. The molecule has 0 aliphatic carbocycles. The standard InChI is InChI=1S/C13H19FN2O2/c1-4-15-13(9(2)3)7-10-5-6-11(16(17)18)8-12(10)14/h5-6,8-9,13,15H,4,7H2,1-3H3. The Bertz CT molecular complexity index is 421. The average Bonchev–Trinajstić information content (AvgIpc) is 2.30. The molecule has 0 heterocycles.